The van der Waals surface area contributed by atoms with Gasteiger partial charge in [0, 0.05) is 31.7 Å². The smallest absolute Gasteiger partial charge is 0.307 e. The Kier molecular flexibility index (Phi) is 2.89. The number of aryl methyl sites for hydroxylation is 1. The molecule has 1 aliphatic carbocycles. The van der Waals surface area contributed by atoms with E-state index < -0.39 is 5.97 Å². The fraction of sp³-hybridized carbons (Fsp3) is 0.667. The molecule has 4 atom stereocenters. The lowest BCUT2D eigenvalue weighted by Crippen LogP contribution is -2.27. The Bertz CT molecular complexity index is 574. The summed E-state index contributed by atoms with van der Waals surface area (Å²) in [5, 5.41) is 9.09. The molecule has 1 aromatic heterocycles. The number of hydrogen-bond acceptors (Lipinski definition) is 5. The summed E-state index contributed by atoms with van der Waals surface area (Å²) in [6.45, 7) is 5.07. The summed E-state index contributed by atoms with van der Waals surface area (Å²) in [5.74, 6) is 1.92. The largest absolute Gasteiger partial charge is 0.481 e. The molecule has 0 radical (unpaired) electrons. The molecule has 1 saturated carbocycles. The lowest BCUT2D eigenvalue weighted by molar-refractivity contribution is -0.139. The van der Waals surface area contributed by atoms with Crippen molar-refractivity contribution < 1.29 is 14.6 Å². The quantitative estimate of drug-likeness (QED) is 0.896. The number of ether oxygens (including phenoxy) is 1. The van der Waals surface area contributed by atoms with Crippen LogP contribution >= 0.6 is 0 Å². The van der Waals surface area contributed by atoms with E-state index in [0.717, 1.165) is 50.1 Å². The molecule has 0 spiro atoms. The number of carbonyl (C=O) groups is 1. The Hall–Kier alpha value is -1.69. The van der Waals surface area contributed by atoms with Crippen molar-refractivity contribution in [3.63, 3.8) is 0 Å². The highest BCUT2D eigenvalue weighted by atomic mass is 16.5. The van der Waals surface area contributed by atoms with Gasteiger partial charge in [-0.3, -0.25) is 4.79 Å². The van der Waals surface area contributed by atoms with E-state index in [2.05, 4.69) is 20.9 Å². The first-order chi connectivity index (χ1) is 10.1. The number of piperidine rings is 1. The van der Waals surface area contributed by atoms with Gasteiger partial charge in [0.1, 0.15) is 11.6 Å². The van der Waals surface area contributed by atoms with Gasteiger partial charge in [-0.2, -0.15) is 0 Å². The van der Waals surface area contributed by atoms with Crippen molar-refractivity contribution in [2.45, 2.75) is 19.3 Å². The summed E-state index contributed by atoms with van der Waals surface area (Å²) in [5.41, 5.74) is 1.06. The lowest BCUT2D eigenvalue weighted by atomic mass is 10.0. The summed E-state index contributed by atoms with van der Waals surface area (Å²) in [4.78, 5) is 22.3. The van der Waals surface area contributed by atoms with Crippen molar-refractivity contribution in [1.82, 2.24) is 9.97 Å². The lowest BCUT2D eigenvalue weighted by Gasteiger charge is -2.21. The minimum absolute atomic E-state index is 0.133. The number of anilines is 1. The van der Waals surface area contributed by atoms with Gasteiger partial charge in [-0.1, -0.05) is 0 Å². The van der Waals surface area contributed by atoms with E-state index in [1.54, 1.807) is 0 Å². The van der Waals surface area contributed by atoms with Crippen molar-refractivity contribution in [3.8, 4) is 0 Å². The Balaban J connectivity index is 1.52. The number of carboxylic acid groups (broad SMARTS) is 1. The number of rotatable bonds is 3. The van der Waals surface area contributed by atoms with E-state index in [-0.39, 0.29) is 5.92 Å². The molecule has 112 valence electrons. The number of fused-ring (bicyclic) bond motifs is 1. The fourth-order valence-corrected chi connectivity index (χ4v) is 3.79. The zero-order valence-corrected chi connectivity index (χ0v) is 12.0. The number of hydrogen-bond donors (Lipinski definition) is 1. The molecule has 2 saturated heterocycles. The van der Waals surface area contributed by atoms with Gasteiger partial charge in [-0.05, 0) is 25.2 Å². The summed E-state index contributed by atoms with van der Waals surface area (Å²) in [6.07, 6.45) is 1.02. The second-order valence-corrected chi connectivity index (χ2v) is 6.36. The van der Waals surface area contributed by atoms with Crippen LogP contribution in [0.5, 0.6) is 0 Å². The van der Waals surface area contributed by atoms with Gasteiger partial charge < -0.3 is 14.7 Å². The van der Waals surface area contributed by atoms with Gasteiger partial charge in [0.15, 0.2) is 0 Å². The molecule has 21 heavy (non-hydrogen) atoms. The molecule has 2 aliphatic heterocycles. The predicted octanol–water partition coefficient (Wildman–Crippen LogP) is 1.06. The third kappa shape index (κ3) is 2.18. The SMILES string of the molecule is Cc1nc([C@@H]2CCOC2)cc(N2C[C@@H]3C(C(=O)O)[C@@H]3C2)n1. The van der Waals surface area contributed by atoms with Crippen LogP contribution in [0.25, 0.3) is 0 Å². The average molecular weight is 289 g/mol. The van der Waals surface area contributed by atoms with E-state index in [1.165, 1.54) is 0 Å². The highest BCUT2D eigenvalue weighted by Gasteiger charge is 2.60. The van der Waals surface area contributed by atoms with E-state index in [9.17, 15) is 4.79 Å². The molecule has 0 bridgehead atoms. The maximum absolute atomic E-state index is 11.0. The van der Waals surface area contributed by atoms with Gasteiger partial charge in [0.05, 0.1) is 18.2 Å². The van der Waals surface area contributed by atoms with Crippen molar-refractivity contribution in [2.24, 2.45) is 17.8 Å². The molecule has 6 nitrogen and oxygen atoms in total. The summed E-state index contributed by atoms with van der Waals surface area (Å²) < 4.78 is 5.44. The molecule has 3 fully saturated rings. The Morgan fingerprint density at radius 1 is 1.38 bits per heavy atom. The minimum Gasteiger partial charge on any atom is -0.481 e. The summed E-state index contributed by atoms with van der Waals surface area (Å²) in [6, 6.07) is 2.06. The van der Waals surface area contributed by atoms with Gasteiger partial charge in [-0.25, -0.2) is 9.97 Å². The molecule has 1 unspecified atom stereocenters. The molecule has 3 aliphatic rings. The van der Waals surface area contributed by atoms with E-state index in [0.29, 0.717) is 17.8 Å². The first-order valence-electron chi connectivity index (χ1n) is 7.54. The van der Waals surface area contributed by atoms with Crippen LogP contribution < -0.4 is 4.90 Å². The molecule has 1 N–H and O–H groups in total. The van der Waals surface area contributed by atoms with Gasteiger partial charge in [-0.15, -0.1) is 0 Å². The molecular formula is C15H19N3O3. The standard InChI is InChI=1S/C15H19N3O3/c1-8-16-12(9-2-3-21-7-9)4-13(17-8)18-5-10-11(6-18)14(10)15(19)20/h4,9-11,14H,2-3,5-7H2,1H3,(H,19,20)/t9-,10-,11+,14?/m1/s1. The van der Waals surface area contributed by atoms with Gasteiger partial charge in [0.2, 0.25) is 0 Å². The second kappa shape index (κ2) is 4.66. The predicted molar refractivity (Wildman–Crippen MR) is 75.3 cm³/mol. The molecular weight excluding hydrogens is 270 g/mol. The highest BCUT2D eigenvalue weighted by molar-refractivity contribution is 5.75. The zero-order chi connectivity index (χ0) is 14.6. The van der Waals surface area contributed by atoms with E-state index >= 15 is 0 Å². The van der Waals surface area contributed by atoms with Crippen LogP contribution in [-0.2, 0) is 9.53 Å². The van der Waals surface area contributed by atoms with E-state index in [1.807, 2.05) is 6.92 Å². The fourth-order valence-electron chi connectivity index (χ4n) is 3.79. The molecule has 1 aromatic rings. The minimum atomic E-state index is -0.646. The number of aliphatic carboxylic acids is 1. The third-order valence-corrected chi connectivity index (χ3v) is 5.00. The summed E-state index contributed by atoms with van der Waals surface area (Å²) >= 11 is 0. The van der Waals surface area contributed by atoms with Crippen LogP contribution in [-0.4, -0.2) is 47.3 Å². The number of nitrogens with zero attached hydrogens (tertiary/aromatic N) is 3. The van der Waals surface area contributed by atoms with Crippen LogP contribution in [0.3, 0.4) is 0 Å². The molecule has 0 aromatic carbocycles. The molecule has 6 heteroatoms. The Morgan fingerprint density at radius 3 is 2.76 bits per heavy atom. The normalized spacial score (nSPS) is 34.0. The van der Waals surface area contributed by atoms with Crippen molar-refractivity contribution in [3.05, 3.63) is 17.6 Å². The van der Waals surface area contributed by atoms with Gasteiger partial charge in [0.25, 0.3) is 0 Å². The maximum atomic E-state index is 11.0. The zero-order valence-electron chi connectivity index (χ0n) is 12.0. The molecule has 0 amide bonds. The Labute approximate surface area is 123 Å². The first kappa shape index (κ1) is 13.0. The van der Waals surface area contributed by atoms with Crippen LogP contribution in [0.2, 0.25) is 0 Å². The van der Waals surface area contributed by atoms with Crippen LogP contribution in [0.15, 0.2) is 6.07 Å². The number of carboxylic acids is 1. The van der Waals surface area contributed by atoms with Crippen LogP contribution in [0, 0.1) is 24.7 Å². The number of aromatic nitrogens is 2. The van der Waals surface area contributed by atoms with Crippen LogP contribution in [0.1, 0.15) is 23.9 Å². The third-order valence-electron chi connectivity index (χ3n) is 5.00. The van der Waals surface area contributed by atoms with Crippen molar-refractivity contribution in [2.75, 3.05) is 31.2 Å². The highest BCUT2D eigenvalue weighted by Crippen LogP contribution is 2.52. The van der Waals surface area contributed by atoms with Gasteiger partial charge >= 0.3 is 5.97 Å². The Morgan fingerprint density at radius 2 is 2.14 bits per heavy atom. The van der Waals surface area contributed by atoms with E-state index in [4.69, 9.17) is 9.84 Å². The van der Waals surface area contributed by atoms with Crippen molar-refractivity contribution in [1.29, 1.82) is 0 Å². The maximum Gasteiger partial charge on any atom is 0.307 e. The van der Waals surface area contributed by atoms with Crippen LogP contribution in [0.4, 0.5) is 5.82 Å². The van der Waals surface area contributed by atoms with Crippen molar-refractivity contribution >= 4 is 11.8 Å². The molecule has 4 rings (SSSR count). The first-order valence-corrected chi connectivity index (χ1v) is 7.54. The topological polar surface area (TPSA) is 75.5 Å². The second-order valence-electron chi connectivity index (χ2n) is 6.36. The average Bonchev–Trinajstić information content (AvgIpc) is 2.89. The summed E-state index contributed by atoms with van der Waals surface area (Å²) in [7, 11) is 0. The molecule has 3 heterocycles. The monoisotopic (exact) mass is 289 g/mol.